The van der Waals surface area contributed by atoms with E-state index in [9.17, 15) is 0 Å². The molecule has 0 unspecified atom stereocenters. The molecular formula is C19H24N2OS. The van der Waals surface area contributed by atoms with Crippen LogP contribution in [0.25, 0.3) is 0 Å². The quantitative estimate of drug-likeness (QED) is 0.581. The first-order chi connectivity index (χ1) is 11.1. The molecule has 0 bridgehead atoms. The normalized spacial score (nSPS) is 11.7. The van der Waals surface area contributed by atoms with Crippen LogP contribution < -0.4 is 10.6 Å². The predicted octanol–water partition coefficient (Wildman–Crippen LogP) is 4.45. The highest BCUT2D eigenvalue weighted by Crippen LogP contribution is 2.15. The van der Waals surface area contributed by atoms with Gasteiger partial charge < -0.3 is 15.4 Å². The van der Waals surface area contributed by atoms with E-state index in [0.717, 1.165) is 18.7 Å². The van der Waals surface area contributed by atoms with Crippen molar-refractivity contribution >= 4 is 23.0 Å². The molecule has 3 nitrogen and oxygen atoms in total. The molecule has 0 amide bonds. The highest BCUT2D eigenvalue weighted by Gasteiger charge is 2.04. The third-order valence-corrected chi connectivity index (χ3v) is 3.77. The maximum absolute atomic E-state index is 5.84. The van der Waals surface area contributed by atoms with Gasteiger partial charge in [0.2, 0.25) is 0 Å². The molecule has 122 valence electrons. The molecule has 2 aromatic carbocycles. The summed E-state index contributed by atoms with van der Waals surface area (Å²) in [5, 5.41) is 7.04. The average Bonchev–Trinajstić information content (AvgIpc) is 2.55. The molecule has 2 N–H and O–H groups in total. The number of benzene rings is 2. The van der Waals surface area contributed by atoms with Crippen LogP contribution in [-0.4, -0.2) is 18.3 Å². The minimum Gasteiger partial charge on any atom is -0.374 e. The second-order valence-corrected chi connectivity index (χ2v) is 5.94. The fraction of sp³-hybridized carbons (Fsp3) is 0.316. The summed E-state index contributed by atoms with van der Waals surface area (Å²) in [5.74, 6) is 0. The maximum atomic E-state index is 5.84. The standard InChI is InChI=1S/C19H24N2OS/c1-15-8-6-11-18(14-15)21-19(23)20-12-7-13-22-16(2)17-9-4-3-5-10-17/h3-6,8-11,14,16H,7,12-13H2,1-2H3,(H2,20,21,23)/t16-/m0/s1. The summed E-state index contributed by atoms with van der Waals surface area (Å²) in [6.07, 6.45) is 1.03. The lowest BCUT2D eigenvalue weighted by Crippen LogP contribution is -2.29. The summed E-state index contributed by atoms with van der Waals surface area (Å²) in [6, 6.07) is 18.4. The molecule has 0 saturated carbocycles. The van der Waals surface area contributed by atoms with Gasteiger partial charge in [0, 0.05) is 18.8 Å². The van der Waals surface area contributed by atoms with Gasteiger partial charge in [-0.05, 0) is 55.7 Å². The zero-order chi connectivity index (χ0) is 16.5. The molecule has 0 saturated heterocycles. The van der Waals surface area contributed by atoms with Gasteiger partial charge in [-0.25, -0.2) is 0 Å². The van der Waals surface area contributed by atoms with Crippen molar-refractivity contribution in [2.45, 2.75) is 26.4 Å². The number of thiocarbonyl (C=S) groups is 1. The molecule has 0 fully saturated rings. The van der Waals surface area contributed by atoms with Crippen molar-refractivity contribution < 1.29 is 4.74 Å². The van der Waals surface area contributed by atoms with Gasteiger partial charge >= 0.3 is 0 Å². The SMILES string of the molecule is Cc1cccc(NC(=S)NCCCO[C@@H](C)c2ccccc2)c1. The van der Waals surface area contributed by atoms with E-state index in [0.29, 0.717) is 11.7 Å². The number of aryl methyl sites for hydroxylation is 1. The zero-order valence-corrected chi connectivity index (χ0v) is 14.5. The van der Waals surface area contributed by atoms with Gasteiger partial charge in [0.05, 0.1) is 6.10 Å². The molecule has 23 heavy (non-hydrogen) atoms. The van der Waals surface area contributed by atoms with E-state index in [-0.39, 0.29) is 6.10 Å². The highest BCUT2D eigenvalue weighted by atomic mass is 32.1. The number of rotatable bonds is 7. The van der Waals surface area contributed by atoms with Crippen LogP contribution >= 0.6 is 12.2 Å². The van der Waals surface area contributed by atoms with Crippen molar-refractivity contribution in [3.8, 4) is 0 Å². The fourth-order valence-electron chi connectivity index (χ4n) is 2.25. The van der Waals surface area contributed by atoms with Crippen molar-refractivity contribution in [2.24, 2.45) is 0 Å². The van der Waals surface area contributed by atoms with Crippen LogP contribution in [-0.2, 0) is 4.74 Å². The summed E-state index contributed by atoms with van der Waals surface area (Å²) in [7, 11) is 0. The van der Waals surface area contributed by atoms with Gasteiger partial charge in [0.15, 0.2) is 5.11 Å². The summed E-state index contributed by atoms with van der Waals surface area (Å²) < 4.78 is 5.84. The van der Waals surface area contributed by atoms with E-state index in [4.69, 9.17) is 17.0 Å². The lowest BCUT2D eigenvalue weighted by Gasteiger charge is -2.14. The Balaban J connectivity index is 1.61. The zero-order valence-electron chi connectivity index (χ0n) is 13.7. The second-order valence-electron chi connectivity index (χ2n) is 5.53. The number of anilines is 1. The van der Waals surface area contributed by atoms with Crippen molar-refractivity contribution in [3.63, 3.8) is 0 Å². The number of ether oxygens (including phenoxy) is 1. The molecule has 0 aromatic heterocycles. The molecule has 0 radical (unpaired) electrons. The summed E-state index contributed by atoms with van der Waals surface area (Å²) >= 11 is 5.29. The Labute approximate surface area is 144 Å². The molecule has 0 heterocycles. The summed E-state index contributed by atoms with van der Waals surface area (Å²) in [6.45, 7) is 5.63. The second kappa shape index (κ2) is 9.28. The summed E-state index contributed by atoms with van der Waals surface area (Å²) in [4.78, 5) is 0. The van der Waals surface area contributed by atoms with E-state index >= 15 is 0 Å². The molecule has 0 aliphatic heterocycles. The van der Waals surface area contributed by atoms with Gasteiger partial charge in [0.25, 0.3) is 0 Å². The average molecular weight is 328 g/mol. The van der Waals surface area contributed by atoms with Gasteiger partial charge in [-0.1, -0.05) is 42.5 Å². The minimum absolute atomic E-state index is 0.119. The first kappa shape index (κ1) is 17.4. The number of hydrogen-bond acceptors (Lipinski definition) is 2. The molecule has 2 rings (SSSR count). The molecule has 0 aliphatic rings. The molecular weight excluding hydrogens is 304 g/mol. The Morgan fingerprint density at radius 3 is 2.65 bits per heavy atom. The molecule has 2 aromatic rings. The van der Waals surface area contributed by atoms with E-state index in [1.807, 2.05) is 30.3 Å². The van der Waals surface area contributed by atoms with Crippen molar-refractivity contribution in [1.82, 2.24) is 5.32 Å². The molecule has 1 atom stereocenters. The maximum Gasteiger partial charge on any atom is 0.170 e. The lowest BCUT2D eigenvalue weighted by molar-refractivity contribution is 0.0646. The van der Waals surface area contributed by atoms with Crippen LogP contribution in [0.1, 0.15) is 30.6 Å². The Bertz CT molecular complexity index is 616. The molecule has 4 heteroatoms. The Morgan fingerprint density at radius 1 is 1.13 bits per heavy atom. The van der Waals surface area contributed by atoms with Crippen LogP contribution in [0, 0.1) is 6.92 Å². The third kappa shape index (κ3) is 6.38. The van der Waals surface area contributed by atoms with Crippen LogP contribution in [0.2, 0.25) is 0 Å². The van der Waals surface area contributed by atoms with Gasteiger partial charge in [0.1, 0.15) is 0 Å². The summed E-state index contributed by atoms with van der Waals surface area (Å²) in [5.41, 5.74) is 3.43. The largest absolute Gasteiger partial charge is 0.374 e. The van der Waals surface area contributed by atoms with Gasteiger partial charge in [-0.2, -0.15) is 0 Å². The smallest absolute Gasteiger partial charge is 0.170 e. The van der Waals surface area contributed by atoms with Crippen molar-refractivity contribution in [1.29, 1.82) is 0 Å². The van der Waals surface area contributed by atoms with Crippen LogP contribution in [0.5, 0.6) is 0 Å². The van der Waals surface area contributed by atoms with Crippen LogP contribution in [0.15, 0.2) is 54.6 Å². The Morgan fingerprint density at radius 2 is 1.91 bits per heavy atom. The lowest BCUT2D eigenvalue weighted by atomic mass is 10.1. The minimum atomic E-state index is 0.119. The van der Waals surface area contributed by atoms with E-state index < -0.39 is 0 Å². The molecule has 0 aliphatic carbocycles. The predicted molar refractivity (Wildman–Crippen MR) is 101 cm³/mol. The Hall–Kier alpha value is -1.91. The van der Waals surface area contributed by atoms with Crippen molar-refractivity contribution in [2.75, 3.05) is 18.5 Å². The highest BCUT2D eigenvalue weighted by molar-refractivity contribution is 7.80. The van der Waals surface area contributed by atoms with E-state index in [1.54, 1.807) is 0 Å². The van der Waals surface area contributed by atoms with Gasteiger partial charge in [-0.3, -0.25) is 0 Å². The van der Waals surface area contributed by atoms with Crippen molar-refractivity contribution in [3.05, 3.63) is 65.7 Å². The topological polar surface area (TPSA) is 33.3 Å². The van der Waals surface area contributed by atoms with Crippen LogP contribution in [0.3, 0.4) is 0 Å². The van der Waals surface area contributed by atoms with E-state index in [2.05, 4.69) is 48.7 Å². The number of hydrogen-bond donors (Lipinski definition) is 2. The van der Waals surface area contributed by atoms with Crippen LogP contribution in [0.4, 0.5) is 5.69 Å². The molecule has 0 spiro atoms. The van der Waals surface area contributed by atoms with Gasteiger partial charge in [-0.15, -0.1) is 0 Å². The number of nitrogens with one attached hydrogen (secondary N) is 2. The third-order valence-electron chi connectivity index (χ3n) is 3.52. The monoisotopic (exact) mass is 328 g/mol. The first-order valence-electron chi connectivity index (χ1n) is 7.93. The first-order valence-corrected chi connectivity index (χ1v) is 8.34. The van der Waals surface area contributed by atoms with E-state index in [1.165, 1.54) is 11.1 Å². The fourth-order valence-corrected chi connectivity index (χ4v) is 2.47. The Kier molecular flexibility index (Phi) is 7.04.